The highest BCUT2D eigenvalue weighted by atomic mass is 32.2. The van der Waals surface area contributed by atoms with Crippen molar-refractivity contribution in [2.24, 2.45) is 0 Å². The van der Waals surface area contributed by atoms with Gasteiger partial charge in [-0.1, -0.05) is 6.92 Å². The van der Waals surface area contributed by atoms with Gasteiger partial charge in [0.25, 0.3) is 0 Å². The van der Waals surface area contributed by atoms with Gasteiger partial charge in [-0.3, -0.25) is 4.21 Å². The molecule has 80 valence electrons. The van der Waals surface area contributed by atoms with E-state index in [4.69, 9.17) is 4.74 Å². The van der Waals surface area contributed by atoms with Gasteiger partial charge < -0.3 is 10.1 Å². The molecule has 1 N–H and O–H groups in total. The molecule has 0 heterocycles. The molecule has 0 aliphatic rings. The molecule has 0 aromatic rings. The van der Waals surface area contributed by atoms with Crippen molar-refractivity contribution < 1.29 is 8.95 Å². The molecule has 0 aliphatic carbocycles. The van der Waals surface area contributed by atoms with E-state index in [1.807, 2.05) is 6.92 Å². The van der Waals surface area contributed by atoms with Gasteiger partial charge in [-0.2, -0.15) is 0 Å². The van der Waals surface area contributed by atoms with E-state index in [0.717, 1.165) is 26.2 Å². The molecule has 0 bridgehead atoms. The summed E-state index contributed by atoms with van der Waals surface area (Å²) in [5.74, 6) is 0.716. The molecule has 0 aromatic heterocycles. The number of nitrogens with one attached hydrogen (secondary N) is 1. The van der Waals surface area contributed by atoms with Crippen molar-refractivity contribution in [3.8, 4) is 0 Å². The van der Waals surface area contributed by atoms with Gasteiger partial charge in [0.05, 0.1) is 6.61 Å². The fraction of sp³-hybridized carbons (Fsp3) is 1.00. The Morgan fingerprint density at radius 3 is 2.69 bits per heavy atom. The fourth-order valence-electron chi connectivity index (χ4n) is 1.03. The highest BCUT2D eigenvalue weighted by molar-refractivity contribution is 7.84. The van der Waals surface area contributed by atoms with Crippen LogP contribution in [-0.2, 0) is 15.5 Å². The minimum absolute atomic E-state index is 0.316. The first-order chi connectivity index (χ1) is 6.16. The van der Waals surface area contributed by atoms with Crippen molar-refractivity contribution in [1.82, 2.24) is 5.32 Å². The zero-order valence-corrected chi connectivity index (χ0v) is 9.65. The molecule has 3 nitrogen and oxygen atoms in total. The average molecular weight is 207 g/mol. The van der Waals surface area contributed by atoms with Crippen LogP contribution < -0.4 is 5.32 Å². The molecule has 0 spiro atoms. The Morgan fingerprint density at radius 2 is 2.15 bits per heavy atom. The quantitative estimate of drug-likeness (QED) is 0.598. The third kappa shape index (κ3) is 9.99. The first kappa shape index (κ1) is 13.1. The summed E-state index contributed by atoms with van der Waals surface area (Å²) in [6, 6.07) is 0.316. The molecule has 13 heavy (non-hydrogen) atoms. The van der Waals surface area contributed by atoms with Gasteiger partial charge in [-0.15, -0.1) is 0 Å². The molecule has 0 radical (unpaired) electrons. The van der Waals surface area contributed by atoms with Crippen LogP contribution in [0, 0.1) is 0 Å². The van der Waals surface area contributed by atoms with E-state index in [0.29, 0.717) is 11.8 Å². The van der Waals surface area contributed by atoms with E-state index in [-0.39, 0.29) is 0 Å². The average Bonchev–Trinajstić information content (AvgIpc) is 2.02. The van der Waals surface area contributed by atoms with Gasteiger partial charge in [0.15, 0.2) is 0 Å². The highest BCUT2D eigenvalue weighted by Crippen LogP contribution is 1.85. The second-order valence-corrected chi connectivity index (χ2v) is 4.69. The third-order valence-electron chi connectivity index (χ3n) is 1.57. The minimum atomic E-state index is -0.708. The molecule has 0 saturated carbocycles. The van der Waals surface area contributed by atoms with E-state index in [1.165, 1.54) is 0 Å². The lowest BCUT2D eigenvalue weighted by atomic mass is 10.4. The van der Waals surface area contributed by atoms with Crippen molar-refractivity contribution in [2.75, 3.05) is 31.8 Å². The lowest BCUT2D eigenvalue weighted by Crippen LogP contribution is -2.33. The van der Waals surface area contributed by atoms with Crippen LogP contribution in [0.5, 0.6) is 0 Å². The van der Waals surface area contributed by atoms with Crippen LogP contribution in [-0.4, -0.2) is 42.0 Å². The maximum absolute atomic E-state index is 10.8. The summed E-state index contributed by atoms with van der Waals surface area (Å²) >= 11 is 0. The number of ether oxygens (including phenoxy) is 1. The molecule has 0 aromatic carbocycles. The second kappa shape index (κ2) is 8.66. The van der Waals surface area contributed by atoms with E-state index < -0.39 is 10.8 Å². The molecular formula is C9H21NO2S. The zero-order chi connectivity index (χ0) is 10.1. The lowest BCUT2D eigenvalue weighted by molar-refractivity contribution is 0.135. The van der Waals surface area contributed by atoms with Gasteiger partial charge in [-0.25, -0.2) is 0 Å². The lowest BCUT2D eigenvalue weighted by Gasteiger charge is -2.11. The van der Waals surface area contributed by atoms with Crippen LogP contribution >= 0.6 is 0 Å². The van der Waals surface area contributed by atoms with Gasteiger partial charge in [0, 0.05) is 42.0 Å². The minimum Gasteiger partial charge on any atom is -0.380 e. The molecule has 2 unspecified atom stereocenters. The normalized spacial score (nSPS) is 15.6. The van der Waals surface area contributed by atoms with Gasteiger partial charge in [-0.05, 0) is 13.3 Å². The van der Waals surface area contributed by atoms with Gasteiger partial charge >= 0.3 is 0 Å². The number of hydrogen-bond donors (Lipinski definition) is 1. The molecule has 0 fully saturated rings. The maximum Gasteiger partial charge on any atom is 0.0591 e. The summed E-state index contributed by atoms with van der Waals surface area (Å²) in [6.45, 7) is 6.56. The largest absolute Gasteiger partial charge is 0.380 e. The van der Waals surface area contributed by atoms with E-state index in [9.17, 15) is 4.21 Å². The summed E-state index contributed by atoms with van der Waals surface area (Å²) in [4.78, 5) is 0. The van der Waals surface area contributed by atoms with Crippen LogP contribution in [0.1, 0.15) is 20.3 Å². The monoisotopic (exact) mass is 207 g/mol. The first-order valence-corrected chi connectivity index (χ1v) is 6.50. The van der Waals surface area contributed by atoms with E-state index in [2.05, 4.69) is 12.2 Å². The molecule has 4 heteroatoms. The van der Waals surface area contributed by atoms with Crippen LogP contribution in [0.4, 0.5) is 0 Å². The smallest absolute Gasteiger partial charge is 0.0591 e. The van der Waals surface area contributed by atoms with Crippen LogP contribution in [0.3, 0.4) is 0 Å². The van der Waals surface area contributed by atoms with Crippen molar-refractivity contribution in [3.63, 3.8) is 0 Å². The molecule has 0 aliphatic heterocycles. The van der Waals surface area contributed by atoms with Crippen LogP contribution in [0.25, 0.3) is 0 Å². The fourth-order valence-corrected chi connectivity index (χ4v) is 1.86. The highest BCUT2D eigenvalue weighted by Gasteiger charge is 2.01. The van der Waals surface area contributed by atoms with Crippen LogP contribution in [0.15, 0.2) is 0 Å². The molecule has 0 rings (SSSR count). The van der Waals surface area contributed by atoms with E-state index >= 15 is 0 Å². The Hall–Kier alpha value is 0.0700. The maximum atomic E-state index is 10.8. The summed E-state index contributed by atoms with van der Waals surface area (Å²) in [6.07, 6.45) is 2.79. The topological polar surface area (TPSA) is 38.3 Å². The Morgan fingerprint density at radius 1 is 1.46 bits per heavy atom. The zero-order valence-electron chi connectivity index (χ0n) is 8.84. The Labute approximate surface area is 83.7 Å². The molecule has 2 atom stereocenters. The third-order valence-corrected chi connectivity index (χ3v) is 2.54. The standard InChI is InChI=1S/C9H21NO2S/c1-4-6-12-7-5-10-9(2)8-13(3)11/h9-10H,4-8H2,1-3H3. The predicted molar refractivity (Wildman–Crippen MR) is 57.5 cm³/mol. The summed E-state index contributed by atoms with van der Waals surface area (Å²) < 4.78 is 16.1. The summed E-state index contributed by atoms with van der Waals surface area (Å²) in [7, 11) is -0.708. The molecular weight excluding hydrogens is 186 g/mol. The Bertz CT molecular complexity index is 142. The Balaban J connectivity index is 3.17. The number of rotatable bonds is 8. The first-order valence-electron chi connectivity index (χ1n) is 4.78. The number of hydrogen-bond acceptors (Lipinski definition) is 3. The molecule has 0 saturated heterocycles. The predicted octanol–water partition coefficient (Wildman–Crippen LogP) is 0.770. The van der Waals surface area contributed by atoms with Crippen molar-refractivity contribution >= 4 is 10.8 Å². The van der Waals surface area contributed by atoms with Gasteiger partial charge in [0.1, 0.15) is 0 Å². The summed E-state index contributed by atoms with van der Waals surface area (Å²) in [5, 5.41) is 3.25. The van der Waals surface area contributed by atoms with Crippen LogP contribution in [0.2, 0.25) is 0 Å². The molecule has 0 amide bonds. The SMILES string of the molecule is CCCOCCNC(C)CS(C)=O. The second-order valence-electron chi connectivity index (χ2n) is 3.21. The van der Waals surface area contributed by atoms with Crippen molar-refractivity contribution in [1.29, 1.82) is 0 Å². The van der Waals surface area contributed by atoms with Gasteiger partial charge in [0.2, 0.25) is 0 Å². The summed E-state index contributed by atoms with van der Waals surface area (Å²) in [5.41, 5.74) is 0. The van der Waals surface area contributed by atoms with E-state index in [1.54, 1.807) is 6.26 Å². The van der Waals surface area contributed by atoms with Crippen molar-refractivity contribution in [3.05, 3.63) is 0 Å². The Kier molecular flexibility index (Phi) is 8.71. The van der Waals surface area contributed by atoms with Crippen molar-refractivity contribution in [2.45, 2.75) is 26.3 Å².